The molecule has 106 valence electrons. The maximum absolute atomic E-state index is 12.1. The van der Waals surface area contributed by atoms with Gasteiger partial charge in [0, 0.05) is 19.2 Å². The Labute approximate surface area is 111 Å². The van der Waals surface area contributed by atoms with Gasteiger partial charge in [0.05, 0.1) is 13.7 Å². The lowest BCUT2D eigenvalue weighted by Crippen LogP contribution is -2.39. The highest BCUT2D eigenvalue weighted by Crippen LogP contribution is 2.19. The van der Waals surface area contributed by atoms with Gasteiger partial charge in [0.2, 0.25) is 0 Å². The van der Waals surface area contributed by atoms with E-state index in [1.54, 1.807) is 7.11 Å². The largest absolute Gasteiger partial charge is 0.496 e. The Balaban J connectivity index is 2.60. The Hall–Kier alpha value is -1.85. The number of hydrogen-bond acceptors (Lipinski definition) is 2. The molecule has 1 aromatic rings. The van der Waals surface area contributed by atoms with Crippen molar-refractivity contribution in [1.82, 2.24) is 10.6 Å². The Morgan fingerprint density at radius 2 is 2.11 bits per heavy atom. The topological polar surface area (TPSA) is 45.7 Å². The van der Waals surface area contributed by atoms with Gasteiger partial charge in [-0.3, -0.25) is 4.99 Å². The molecule has 0 heterocycles. The Kier molecular flexibility index (Phi) is 6.05. The zero-order chi connectivity index (χ0) is 14.3. The van der Waals surface area contributed by atoms with Gasteiger partial charge in [-0.25, -0.2) is 8.78 Å². The number of aliphatic imine (C=N–C) groups is 1. The molecule has 0 bridgehead atoms. The Morgan fingerprint density at radius 1 is 1.37 bits per heavy atom. The summed E-state index contributed by atoms with van der Waals surface area (Å²) in [6.07, 6.45) is -2.41. The van der Waals surface area contributed by atoms with Crippen molar-refractivity contribution in [3.05, 3.63) is 29.3 Å². The molecular formula is C13H19F2N3O. The van der Waals surface area contributed by atoms with E-state index < -0.39 is 13.0 Å². The van der Waals surface area contributed by atoms with Crippen LogP contribution >= 0.6 is 0 Å². The molecule has 4 nitrogen and oxygen atoms in total. The predicted molar refractivity (Wildman–Crippen MR) is 71.9 cm³/mol. The molecule has 0 saturated heterocycles. The summed E-state index contributed by atoms with van der Waals surface area (Å²) in [6.45, 7) is 2.00. The number of rotatable bonds is 5. The lowest BCUT2D eigenvalue weighted by atomic mass is 10.1. The van der Waals surface area contributed by atoms with Crippen LogP contribution in [0.4, 0.5) is 8.78 Å². The van der Waals surface area contributed by atoms with Crippen molar-refractivity contribution in [2.45, 2.75) is 19.9 Å². The number of ether oxygens (including phenoxy) is 1. The van der Waals surface area contributed by atoms with E-state index in [9.17, 15) is 8.78 Å². The maximum atomic E-state index is 12.1. The van der Waals surface area contributed by atoms with Gasteiger partial charge in [0.25, 0.3) is 6.43 Å². The van der Waals surface area contributed by atoms with Gasteiger partial charge in [-0.2, -0.15) is 0 Å². The fourth-order valence-corrected chi connectivity index (χ4v) is 1.57. The molecule has 0 aromatic heterocycles. The van der Waals surface area contributed by atoms with Gasteiger partial charge in [-0.05, 0) is 18.6 Å². The van der Waals surface area contributed by atoms with E-state index >= 15 is 0 Å². The standard InChI is InChI=1S/C13H19F2N3O/c1-9-4-5-10(11(6-9)19-3)7-17-13(16-2)18-8-12(14)15/h4-6,12H,7-8H2,1-3H3,(H2,16,17,18). The molecule has 0 amide bonds. The van der Waals surface area contributed by atoms with E-state index in [1.807, 2.05) is 25.1 Å². The SMILES string of the molecule is CN=C(NCc1ccc(C)cc1OC)NCC(F)F. The molecule has 0 spiro atoms. The molecule has 0 unspecified atom stereocenters. The van der Waals surface area contributed by atoms with Gasteiger partial charge in [0.1, 0.15) is 5.75 Å². The molecular weight excluding hydrogens is 252 g/mol. The van der Waals surface area contributed by atoms with Crippen LogP contribution in [-0.4, -0.2) is 33.1 Å². The summed E-state index contributed by atoms with van der Waals surface area (Å²) in [5.41, 5.74) is 2.04. The zero-order valence-corrected chi connectivity index (χ0v) is 11.3. The minimum absolute atomic E-state index is 0.336. The van der Waals surface area contributed by atoms with Crippen LogP contribution in [0.2, 0.25) is 0 Å². The average molecular weight is 271 g/mol. The Bertz CT molecular complexity index is 436. The number of benzene rings is 1. The van der Waals surface area contributed by atoms with Crippen LogP contribution in [0, 0.1) is 6.92 Å². The highest BCUT2D eigenvalue weighted by molar-refractivity contribution is 5.79. The smallest absolute Gasteiger partial charge is 0.255 e. The highest BCUT2D eigenvalue weighted by atomic mass is 19.3. The van der Waals surface area contributed by atoms with E-state index in [4.69, 9.17) is 4.74 Å². The fourth-order valence-electron chi connectivity index (χ4n) is 1.57. The molecule has 19 heavy (non-hydrogen) atoms. The number of guanidine groups is 1. The number of hydrogen-bond donors (Lipinski definition) is 2. The monoisotopic (exact) mass is 271 g/mol. The molecule has 0 aliphatic rings. The number of nitrogens with zero attached hydrogens (tertiary/aromatic N) is 1. The van der Waals surface area contributed by atoms with Crippen LogP contribution in [0.15, 0.2) is 23.2 Å². The van der Waals surface area contributed by atoms with E-state index in [1.165, 1.54) is 7.05 Å². The second-order valence-electron chi connectivity index (χ2n) is 4.01. The highest BCUT2D eigenvalue weighted by Gasteiger charge is 2.06. The zero-order valence-electron chi connectivity index (χ0n) is 11.3. The number of alkyl halides is 2. The average Bonchev–Trinajstić information content (AvgIpc) is 2.39. The van der Waals surface area contributed by atoms with Crippen molar-refractivity contribution in [2.75, 3.05) is 20.7 Å². The van der Waals surface area contributed by atoms with E-state index in [2.05, 4.69) is 15.6 Å². The predicted octanol–water partition coefficient (Wildman–Crippen LogP) is 1.93. The third-order valence-corrected chi connectivity index (χ3v) is 2.54. The lowest BCUT2D eigenvalue weighted by Gasteiger charge is -2.14. The summed E-state index contributed by atoms with van der Waals surface area (Å²) in [6, 6.07) is 5.82. The van der Waals surface area contributed by atoms with Crippen molar-refractivity contribution >= 4 is 5.96 Å². The quantitative estimate of drug-likeness (QED) is 0.635. The van der Waals surface area contributed by atoms with Crippen LogP contribution in [0.25, 0.3) is 0 Å². The number of halogens is 2. The van der Waals surface area contributed by atoms with Gasteiger partial charge in [-0.1, -0.05) is 12.1 Å². The third-order valence-electron chi connectivity index (χ3n) is 2.54. The van der Waals surface area contributed by atoms with E-state index in [0.29, 0.717) is 12.5 Å². The van der Waals surface area contributed by atoms with Gasteiger partial charge < -0.3 is 15.4 Å². The first-order valence-electron chi connectivity index (χ1n) is 5.93. The van der Waals surface area contributed by atoms with Crippen LogP contribution in [0.3, 0.4) is 0 Å². The lowest BCUT2D eigenvalue weighted by molar-refractivity contribution is 0.152. The van der Waals surface area contributed by atoms with Gasteiger partial charge >= 0.3 is 0 Å². The van der Waals surface area contributed by atoms with Crippen LogP contribution < -0.4 is 15.4 Å². The van der Waals surface area contributed by atoms with Crippen molar-refractivity contribution < 1.29 is 13.5 Å². The van der Waals surface area contributed by atoms with Crippen molar-refractivity contribution in [3.8, 4) is 5.75 Å². The normalized spacial score (nSPS) is 11.6. The number of methoxy groups -OCH3 is 1. The fraction of sp³-hybridized carbons (Fsp3) is 0.462. The molecule has 0 fully saturated rings. The molecule has 0 saturated carbocycles. The van der Waals surface area contributed by atoms with E-state index in [0.717, 1.165) is 16.9 Å². The second kappa shape index (κ2) is 7.56. The van der Waals surface area contributed by atoms with Crippen LogP contribution in [-0.2, 0) is 6.54 Å². The summed E-state index contributed by atoms with van der Waals surface area (Å²) >= 11 is 0. The first-order valence-corrected chi connectivity index (χ1v) is 5.93. The summed E-state index contributed by atoms with van der Waals surface area (Å²) in [5.74, 6) is 1.10. The minimum atomic E-state index is -2.41. The molecule has 2 N–H and O–H groups in total. The molecule has 0 aliphatic carbocycles. The molecule has 6 heteroatoms. The second-order valence-corrected chi connectivity index (χ2v) is 4.01. The molecule has 0 aliphatic heterocycles. The van der Waals surface area contributed by atoms with Gasteiger partial charge in [-0.15, -0.1) is 0 Å². The Morgan fingerprint density at radius 3 is 2.68 bits per heavy atom. The summed E-state index contributed by atoms with van der Waals surface area (Å²) < 4.78 is 29.5. The third kappa shape index (κ3) is 5.11. The molecule has 0 radical (unpaired) electrons. The van der Waals surface area contributed by atoms with Crippen molar-refractivity contribution in [2.24, 2.45) is 4.99 Å². The first kappa shape index (κ1) is 15.2. The van der Waals surface area contributed by atoms with Crippen molar-refractivity contribution in [3.63, 3.8) is 0 Å². The minimum Gasteiger partial charge on any atom is -0.496 e. The number of aryl methyl sites for hydroxylation is 1. The summed E-state index contributed by atoms with van der Waals surface area (Å²) in [5, 5.41) is 5.50. The van der Waals surface area contributed by atoms with Gasteiger partial charge in [0.15, 0.2) is 5.96 Å². The number of nitrogens with one attached hydrogen (secondary N) is 2. The maximum Gasteiger partial charge on any atom is 0.255 e. The summed E-state index contributed by atoms with van der Waals surface area (Å²) in [7, 11) is 3.13. The molecule has 0 atom stereocenters. The van der Waals surface area contributed by atoms with Crippen LogP contribution in [0.1, 0.15) is 11.1 Å². The molecule has 1 aromatic carbocycles. The van der Waals surface area contributed by atoms with Crippen molar-refractivity contribution in [1.29, 1.82) is 0 Å². The first-order chi connectivity index (χ1) is 9.06. The summed E-state index contributed by atoms with van der Waals surface area (Å²) in [4.78, 5) is 3.87. The molecule has 1 rings (SSSR count). The van der Waals surface area contributed by atoms with Crippen LogP contribution in [0.5, 0.6) is 5.75 Å². The van der Waals surface area contributed by atoms with E-state index in [-0.39, 0.29) is 0 Å².